The van der Waals surface area contributed by atoms with E-state index in [9.17, 15) is 19.2 Å². The van der Waals surface area contributed by atoms with Gasteiger partial charge in [0.05, 0.1) is 6.04 Å². The fraction of sp³-hybridized carbons (Fsp3) is 0.737. The van der Waals surface area contributed by atoms with Gasteiger partial charge in [-0.15, -0.1) is 0 Å². The molecule has 4 amide bonds. The summed E-state index contributed by atoms with van der Waals surface area (Å²) in [7, 11) is 0. The van der Waals surface area contributed by atoms with E-state index in [2.05, 4.69) is 50.0 Å². The first kappa shape index (κ1) is 35.4. The van der Waals surface area contributed by atoms with E-state index in [1.807, 2.05) is 32.9 Å². The number of hydrogen-bond acceptors (Lipinski definition) is 5. The van der Waals surface area contributed by atoms with E-state index in [4.69, 9.17) is 0 Å². The van der Waals surface area contributed by atoms with Crippen molar-refractivity contribution in [3.05, 3.63) is 35.9 Å². The van der Waals surface area contributed by atoms with Crippen molar-refractivity contribution in [3.63, 3.8) is 0 Å². The fourth-order valence-electron chi connectivity index (χ4n) is 8.62. The highest BCUT2D eigenvalue weighted by atomic mass is 16.2. The molecule has 1 saturated carbocycles. The molecule has 1 aromatic rings. The summed E-state index contributed by atoms with van der Waals surface area (Å²) in [4.78, 5) is 61.8. The Labute approximate surface area is 282 Å². The fourth-order valence-corrected chi connectivity index (χ4v) is 8.62. The van der Waals surface area contributed by atoms with Crippen LogP contribution in [0.25, 0.3) is 0 Å². The van der Waals surface area contributed by atoms with Crippen LogP contribution in [0, 0.1) is 17.8 Å². The van der Waals surface area contributed by atoms with Crippen LogP contribution < -0.4 is 5.32 Å². The molecule has 1 N–H and O–H groups in total. The molecule has 260 valence electrons. The second kappa shape index (κ2) is 16.4. The van der Waals surface area contributed by atoms with Gasteiger partial charge in [-0.05, 0) is 74.8 Å². The van der Waals surface area contributed by atoms with Crippen molar-refractivity contribution in [2.45, 2.75) is 122 Å². The number of benzene rings is 1. The Hall–Kier alpha value is -2.94. The smallest absolute Gasteiger partial charge is 0.312 e. The molecule has 4 fully saturated rings. The number of carbonyl (C=O) groups excluding carboxylic acids is 4. The summed E-state index contributed by atoms with van der Waals surface area (Å²) in [5.41, 5.74) is 1.15. The predicted molar refractivity (Wildman–Crippen MR) is 184 cm³/mol. The van der Waals surface area contributed by atoms with Gasteiger partial charge in [-0.3, -0.25) is 24.1 Å². The molecule has 0 aromatic heterocycles. The monoisotopic (exact) mass is 649 g/mol. The third-order valence-corrected chi connectivity index (χ3v) is 11.0. The van der Waals surface area contributed by atoms with Crippen LogP contribution in [0.15, 0.2) is 30.3 Å². The molecule has 5 rings (SSSR count). The van der Waals surface area contributed by atoms with Crippen LogP contribution in [0.4, 0.5) is 0 Å². The molecule has 0 spiro atoms. The van der Waals surface area contributed by atoms with Gasteiger partial charge in [0.15, 0.2) is 0 Å². The first-order chi connectivity index (χ1) is 22.6. The van der Waals surface area contributed by atoms with Gasteiger partial charge in [0.2, 0.25) is 0 Å². The van der Waals surface area contributed by atoms with Crippen LogP contribution in [0.2, 0.25) is 0 Å². The number of hydrogen-bond donors (Lipinski definition) is 1. The summed E-state index contributed by atoms with van der Waals surface area (Å²) in [6.45, 7) is 12.5. The second-order valence-corrected chi connectivity index (χ2v) is 15.6. The molecule has 3 aliphatic heterocycles. The largest absolute Gasteiger partial charge is 0.346 e. The molecule has 1 aliphatic carbocycles. The molecule has 9 nitrogen and oxygen atoms in total. The third kappa shape index (κ3) is 9.15. The highest BCUT2D eigenvalue weighted by molar-refractivity contribution is 6.36. The standard InChI is InChI=1S/C38H59N5O4/c1-27(2)19-32-22-39-35(44)36(45)42(32)25-31-17-12-18-40(31)24-34(21-29-13-10-7-11-14-29)43-26-33(20-28(3)4)41(37(46)38(43)47)23-30-15-8-5-6-9-16-30/h7,10-11,13-14,27-28,30-34H,5-6,8-9,12,15-26H2,1-4H3,(H,39,44)/t31-,32-,33-,34-/m0/s1. The zero-order chi connectivity index (χ0) is 33.5. The number of nitrogens with one attached hydrogen (secondary N) is 1. The van der Waals surface area contributed by atoms with Gasteiger partial charge in [0.25, 0.3) is 0 Å². The molecule has 9 heteroatoms. The summed E-state index contributed by atoms with van der Waals surface area (Å²) in [6, 6.07) is 10.2. The van der Waals surface area contributed by atoms with Gasteiger partial charge in [-0.2, -0.15) is 0 Å². The quantitative estimate of drug-likeness (QED) is 0.251. The molecule has 3 saturated heterocycles. The summed E-state index contributed by atoms with van der Waals surface area (Å²) in [5, 5.41) is 2.79. The van der Waals surface area contributed by atoms with E-state index in [-0.39, 0.29) is 36.0 Å². The highest BCUT2D eigenvalue weighted by Gasteiger charge is 2.44. The number of carbonyl (C=O) groups is 4. The van der Waals surface area contributed by atoms with Crippen LogP contribution in [0.5, 0.6) is 0 Å². The Morgan fingerprint density at radius 3 is 2.06 bits per heavy atom. The minimum absolute atomic E-state index is 0.0115. The lowest BCUT2D eigenvalue weighted by Gasteiger charge is -2.46. The molecule has 47 heavy (non-hydrogen) atoms. The Morgan fingerprint density at radius 2 is 1.38 bits per heavy atom. The Balaban J connectivity index is 1.37. The Bertz CT molecular complexity index is 1210. The summed E-state index contributed by atoms with van der Waals surface area (Å²) < 4.78 is 0. The first-order valence-electron chi connectivity index (χ1n) is 18.6. The summed E-state index contributed by atoms with van der Waals surface area (Å²) in [6.07, 6.45) is 11.6. The molecule has 1 aromatic carbocycles. The van der Waals surface area contributed by atoms with Crippen molar-refractivity contribution in [3.8, 4) is 0 Å². The molecule has 0 radical (unpaired) electrons. The van der Waals surface area contributed by atoms with Gasteiger partial charge < -0.3 is 20.0 Å². The average molecular weight is 650 g/mol. The SMILES string of the molecule is CC(C)C[C@H]1CNC(=O)C(=O)N1C[C@@H]1CCCN1C[C@H](Cc1ccccc1)N1C[C@H](CC(C)C)N(CC2CCCCCC2)C(=O)C1=O. The number of piperazine rings is 2. The predicted octanol–water partition coefficient (Wildman–Crippen LogP) is 4.49. The molecule has 0 bridgehead atoms. The maximum atomic E-state index is 14.1. The molecular formula is C38H59N5O4. The minimum atomic E-state index is -0.515. The lowest BCUT2D eigenvalue weighted by atomic mass is 9.93. The van der Waals surface area contributed by atoms with Crippen molar-refractivity contribution >= 4 is 23.6 Å². The number of amides is 4. The van der Waals surface area contributed by atoms with Gasteiger partial charge in [-0.25, -0.2) is 0 Å². The number of nitrogens with zero attached hydrogens (tertiary/aromatic N) is 4. The Kier molecular flexibility index (Phi) is 12.4. The van der Waals surface area contributed by atoms with Crippen LogP contribution in [-0.4, -0.2) is 107 Å². The van der Waals surface area contributed by atoms with E-state index in [1.165, 1.54) is 25.7 Å². The minimum Gasteiger partial charge on any atom is -0.346 e. The average Bonchev–Trinajstić information content (AvgIpc) is 3.30. The van der Waals surface area contributed by atoms with Crippen molar-refractivity contribution in [1.82, 2.24) is 24.9 Å². The van der Waals surface area contributed by atoms with Crippen LogP contribution in [0.3, 0.4) is 0 Å². The summed E-state index contributed by atoms with van der Waals surface area (Å²) >= 11 is 0. The number of rotatable bonds is 13. The van der Waals surface area contributed by atoms with Gasteiger partial charge >= 0.3 is 23.6 Å². The van der Waals surface area contributed by atoms with Crippen LogP contribution in [0.1, 0.15) is 97.5 Å². The second-order valence-electron chi connectivity index (χ2n) is 15.6. The maximum absolute atomic E-state index is 14.1. The van der Waals surface area contributed by atoms with Crippen LogP contribution >= 0.6 is 0 Å². The van der Waals surface area contributed by atoms with E-state index in [0.717, 1.165) is 50.6 Å². The summed E-state index contributed by atoms with van der Waals surface area (Å²) in [5.74, 6) is -0.356. The normalized spacial score (nSPS) is 26.0. The number of likely N-dealkylation sites (tertiary alicyclic amines) is 1. The van der Waals surface area contributed by atoms with Crippen LogP contribution in [-0.2, 0) is 25.6 Å². The molecule has 3 heterocycles. The third-order valence-electron chi connectivity index (χ3n) is 11.0. The first-order valence-corrected chi connectivity index (χ1v) is 18.6. The van der Waals surface area contributed by atoms with Gasteiger partial charge in [0, 0.05) is 50.8 Å². The molecular weight excluding hydrogens is 590 g/mol. The van der Waals surface area contributed by atoms with Crippen molar-refractivity contribution in [1.29, 1.82) is 0 Å². The van der Waals surface area contributed by atoms with Gasteiger partial charge in [0.1, 0.15) is 0 Å². The molecule has 0 unspecified atom stereocenters. The van der Waals surface area contributed by atoms with Crippen molar-refractivity contribution in [2.24, 2.45) is 17.8 Å². The Morgan fingerprint density at radius 1 is 0.723 bits per heavy atom. The molecule has 4 aliphatic rings. The van der Waals surface area contributed by atoms with E-state index < -0.39 is 11.8 Å². The molecule has 4 atom stereocenters. The van der Waals surface area contributed by atoms with Crippen molar-refractivity contribution in [2.75, 3.05) is 39.3 Å². The maximum Gasteiger partial charge on any atom is 0.312 e. The zero-order valence-electron chi connectivity index (χ0n) is 29.4. The lowest BCUT2D eigenvalue weighted by Crippen LogP contribution is -2.65. The van der Waals surface area contributed by atoms with E-state index >= 15 is 0 Å². The topological polar surface area (TPSA) is 93.3 Å². The van der Waals surface area contributed by atoms with Gasteiger partial charge in [-0.1, -0.05) is 83.7 Å². The lowest BCUT2D eigenvalue weighted by molar-refractivity contribution is -0.162. The van der Waals surface area contributed by atoms with E-state index in [0.29, 0.717) is 56.9 Å². The highest BCUT2D eigenvalue weighted by Crippen LogP contribution is 2.30. The van der Waals surface area contributed by atoms with Crippen molar-refractivity contribution < 1.29 is 19.2 Å². The van der Waals surface area contributed by atoms with E-state index in [1.54, 1.807) is 0 Å². The zero-order valence-corrected chi connectivity index (χ0v) is 29.4.